The Bertz CT molecular complexity index is 1800. The van der Waals surface area contributed by atoms with E-state index in [-0.39, 0.29) is 57.8 Å². The van der Waals surface area contributed by atoms with Gasteiger partial charge in [0, 0.05) is 50.4 Å². The fourth-order valence-electron chi connectivity index (χ4n) is 14.1. The summed E-state index contributed by atoms with van der Waals surface area (Å²) in [5, 5.41) is 9.67. The SMILES string of the molecule is CC(=O)O[C@H](CN(CCN(C)C)Cc1ccccc1)[C@@]12CC[C@]3(C)[C@H](CC[C@@H]4[C@@]5(C)CC[C@H](OC(=O)CC(C)(C)C(=O)O)C(C)(C)C5CC[C@]43C)C1=C(C(C)C)C(=O)C2. The van der Waals surface area contributed by atoms with Gasteiger partial charge in [0.2, 0.25) is 0 Å². The van der Waals surface area contributed by atoms with Crippen LogP contribution >= 0.6 is 0 Å². The van der Waals surface area contributed by atoms with E-state index in [2.05, 4.69) is 96.6 Å². The summed E-state index contributed by atoms with van der Waals surface area (Å²) in [6.45, 7) is 24.2. The predicted octanol–water partition coefficient (Wildman–Crippen LogP) is 9.38. The Balaban J connectivity index is 1.33. The molecule has 0 radical (unpaired) electrons. The summed E-state index contributed by atoms with van der Waals surface area (Å²) in [5.74, 6) is -0.368. The highest BCUT2D eigenvalue weighted by Gasteiger charge is 2.71. The van der Waals surface area contributed by atoms with Crippen LogP contribution in [-0.4, -0.2) is 84.5 Å². The van der Waals surface area contributed by atoms with Gasteiger partial charge >= 0.3 is 17.9 Å². The lowest BCUT2D eigenvalue weighted by Gasteiger charge is -2.72. The molecule has 0 spiro atoms. The first-order valence-electron chi connectivity index (χ1n) is 22.7. The highest BCUT2D eigenvalue weighted by Crippen LogP contribution is 2.77. The van der Waals surface area contributed by atoms with Crippen molar-refractivity contribution in [1.29, 1.82) is 0 Å². The third kappa shape index (κ3) is 7.98. The number of allylic oxidation sites excluding steroid dienone is 1. The normalized spacial score (nSPS) is 34.5. The van der Waals surface area contributed by atoms with Crippen molar-refractivity contribution < 1.29 is 33.8 Å². The summed E-state index contributed by atoms with van der Waals surface area (Å²) >= 11 is 0. The lowest BCUT2D eigenvalue weighted by Crippen LogP contribution is -2.66. The van der Waals surface area contributed by atoms with E-state index in [1.807, 2.05) is 6.07 Å². The molecule has 0 amide bonds. The van der Waals surface area contributed by atoms with Gasteiger partial charge in [0.1, 0.15) is 12.2 Å². The molecule has 0 heterocycles. The molecule has 0 aromatic heterocycles. The maximum Gasteiger partial charge on any atom is 0.309 e. The second-order valence-corrected chi connectivity index (χ2v) is 22.2. The van der Waals surface area contributed by atoms with Crippen LogP contribution in [0.1, 0.15) is 139 Å². The number of rotatable bonds is 14. The van der Waals surface area contributed by atoms with Gasteiger partial charge in [-0.25, -0.2) is 0 Å². The van der Waals surface area contributed by atoms with Crippen molar-refractivity contribution in [3.8, 4) is 0 Å². The summed E-state index contributed by atoms with van der Waals surface area (Å²) < 4.78 is 12.7. The van der Waals surface area contributed by atoms with E-state index in [1.165, 1.54) is 18.1 Å². The number of Topliss-reactive ketones (excluding diaryl/α,β-unsaturated/α-hetero) is 1. The number of carboxylic acid groups (broad SMARTS) is 1. The number of ketones is 1. The van der Waals surface area contributed by atoms with Crippen LogP contribution in [0.4, 0.5) is 0 Å². The van der Waals surface area contributed by atoms with E-state index in [1.54, 1.807) is 13.8 Å². The number of carbonyl (C=O) groups excluding carboxylic acids is 3. The first kappa shape index (κ1) is 45.5. The molecular formula is C50H76N2O7. The van der Waals surface area contributed by atoms with Crippen LogP contribution in [-0.2, 0) is 35.2 Å². The van der Waals surface area contributed by atoms with Crippen molar-refractivity contribution in [2.75, 3.05) is 33.7 Å². The molecule has 4 saturated carbocycles. The molecule has 1 N–H and O–H groups in total. The van der Waals surface area contributed by atoms with Crippen LogP contribution in [0.3, 0.4) is 0 Å². The molecule has 6 rings (SSSR count). The highest BCUT2D eigenvalue weighted by atomic mass is 16.5. The minimum Gasteiger partial charge on any atom is -0.481 e. The van der Waals surface area contributed by atoms with E-state index in [0.717, 1.165) is 76.6 Å². The van der Waals surface area contributed by atoms with Gasteiger partial charge in [-0.1, -0.05) is 78.8 Å². The topological polar surface area (TPSA) is 113 Å². The average Bonchev–Trinajstić information content (AvgIpc) is 3.45. The van der Waals surface area contributed by atoms with Crippen LogP contribution in [0.2, 0.25) is 0 Å². The third-order valence-corrected chi connectivity index (χ3v) is 17.3. The van der Waals surface area contributed by atoms with Crippen LogP contribution in [0.15, 0.2) is 41.5 Å². The van der Waals surface area contributed by atoms with E-state index in [9.17, 15) is 24.3 Å². The molecular weight excluding hydrogens is 741 g/mol. The van der Waals surface area contributed by atoms with E-state index in [4.69, 9.17) is 9.47 Å². The molecule has 4 fully saturated rings. The van der Waals surface area contributed by atoms with Gasteiger partial charge in [-0.3, -0.25) is 24.1 Å². The Morgan fingerprint density at radius 1 is 0.881 bits per heavy atom. The molecule has 5 aliphatic carbocycles. The van der Waals surface area contributed by atoms with Crippen LogP contribution < -0.4 is 0 Å². The number of hydrogen-bond acceptors (Lipinski definition) is 8. The van der Waals surface area contributed by atoms with E-state index in [0.29, 0.717) is 24.8 Å². The van der Waals surface area contributed by atoms with Crippen LogP contribution in [0, 0.1) is 56.2 Å². The van der Waals surface area contributed by atoms with Gasteiger partial charge in [-0.2, -0.15) is 0 Å². The Kier molecular flexibility index (Phi) is 12.6. The molecule has 0 saturated heterocycles. The van der Waals surface area contributed by atoms with Crippen molar-refractivity contribution >= 4 is 23.7 Å². The minimum atomic E-state index is -1.18. The number of aliphatic carboxylic acids is 1. The number of esters is 2. The Morgan fingerprint density at radius 3 is 2.17 bits per heavy atom. The van der Waals surface area contributed by atoms with Gasteiger partial charge in [0.05, 0.1) is 11.8 Å². The highest BCUT2D eigenvalue weighted by molar-refractivity contribution is 6.01. The summed E-state index contributed by atoms with van der Waals surface area (Å²) in [6, 6.07) is 10.5. The van der Waals surface area contributed by atoms with Gasteiger partial charge < -0.3 is 19.5 Å². The second kappa shape index (κ2) is 16.3. The average molecular weight is 817 g/mol. The Labute approximate surface area is 355 Å². The molecule has 59 heavy (non-hydrogen) atoms. The van der Waals surface area contributed by atoms with Crippen molar-refractivity contribution in [3.05, 3.63) is 47.0 Å². The van der Waals surface area contributed by atoms with Gasteiger partial charge in [-0.15, -0.1) is 0 Å². The number of fused-ring (bicyclic) bond motifs is 7. The minimum absolute atomic E-state index is 0.0150. The van der Waals surface area contributed by atoms with E-state index >= 15 is 0 Å². The fraction of sp³-hybridized carbons (Fsp3) is 0.760. The molecule has 9 nitrogen and oxygen atoms in total. The fourth-order valence-corrected chi connectivity index (χ4v) is 14.1. The standard InChI is InChI=1S/C50H76N2O7/c1-32(2)42-36(54)28-50(40(58-33(3)53)31-52(27-26-51(11)12)30-34-16-14-13-15-17-34)25-24-48(9)35(43(42)50)18-19-38-47(8)22-21-39(59-41(55)29-45(4,5)44(56)57)46(6,7)37(47)20-23-49(38,48)10/h13-17,32,35,37-40H,18-31H2,1-12H3,(H,56,57)/t35-,37?,38-,39+,40-,47+,48-,49-,50+/m1/s1. The van der Waals surface area contributed by atoms with Crippen molar-refractivity contribution in [2.45, 2.75) is 152 Å². The van der Waals surface area contributed by atoms with Gasteiger partial charge in [0.25, 0.3) is 0 Å². The first-order valence-corrected chi connectivity index (χ1v) is 22.7. The predicted molar refractivity (Wildman–Crippen MR) is 231 cm³/mol. The Morgan fingerprint density at radius 2 is 1.56 bits per heavy atom. The molecule has 0 bridgehead atoms. The largest absolute Gasteiger partial charge is 0.481 e. The smallest absolute Gasteiger partial charge is 0.309 e. The monoisotopic (exact) mass is 817 g/mol. The number of nitrogens with zero attached hydrogens (tertiary/aromatic N) is 2. The zero-order chi connectivity index (χ0) is 43.5. The molecule has 1 aromatic rings. The molecule has 9 heteroatoms. The lowest BCUT2D eigenvalue weighted by molar-refractivity contribution is -0.235. The molecule has 1 aromatic carbocycles. The molecule has 5 aliphatic rings. The molecule has 328 valence electrons. The maximum atomic E-state index is 14.6. The number of hydrogen-bond donors (Lipinski definition) is 1. The second-order valence-electron chi connectivity index (χ2n) is 22.2. The lowest BCUT2D eigenvalue weighted by atomic mass is 9.33. The zero-order valence-corrected chi connectivity index (χ0v) is 38.5. The van der Waals surface area contributed by atoms with Gasteiger partial charge in [-0.05, 0) is 136 Å². The summed E-state index contributed by atoms with van der Waals surface area (Å²) in [6.07, 6.45) is 7.26. The number of likely N-dealkylation sites (N-methyl/N-ethyl adjacent to an activating group) is 1. The summed E-state index contributed by atoms with van der Waals surface area (Å²) in [5.41, 5.74) is 1.54. The van der Waals surface area contributed by atoms with Gasteiger partial charge in [0.15, 0.2) is 5.78 Å². The molecule has 9 atom stereocenters. The summed E-state index contributed by atoms with van der Waals surface area (Å²) in [4.78, 5) is 57.4. The number of ether oxygens (including phenoxy) is 2. The van der Waals surface area contributed by atoms with E-state index < -0.39 is 28.9 Å². The molecule has 0 aliphatic heterocycles. The van der Waals surface area contributed by atoms with Crippen molar-refractivity contribution in [2.24, 2.45) is 56.2 Å². The van der Waals surface area contributed by atoms with Crippen molar-refractivity contribution in [3.63, 3.8) is 0 Å². The third-order valence-electron chi connectivity index (χ3n) is 17.3. The summed E-state index contributed by atoms with van der Waals surface area (Å²) in [7, 11) is 4.18. The van der Waals surface area contributed by atoms with Crippen molar-refractivity contribution in [1.82, 2.24) is 9.80 Å². The number of benzene rings is 1. The molecule has 1 unspecified atom stereocenters. The maximum absolute atomic E-state index is 14.6. The Hall–Kier alpha value is -3.04. The number of carboxylic acids is 1. The first-order chi connectivity index (χ1) is 27.4. The van der Waals surface area contributed by atoms with Crippen LogP contribution in [0.25, 0.3) is 0 Å². The van der Waals surface area contributed by atoms with Crippen LogP contribution in [0.5, 0.6) is 0 Å². The quantitative estimate of drug-likeness (QED) is 0.184. The number of carbonyl (C=O) groups is 4. The zero-order valence-electron chi connectivity index (χ0n) is 38.5.